The average molecular weight is 1130 g/mol. The van der Waals surface area contributed by atoms with E-state index in [1.165, 1.54) is 14.0 Å². The number of hydrogen-bond donors (Lipinski definition) is 10. The van der Waals surface area contributed by atoms with Gasteiger partial charge in [-0.05, 0) is 161 Å². The van der Waals surface area contributed by atoms with Gasteiger partial charge in [-0.3, -0.25) is 4.79 Å². The van der Waals surface area contributed by atoms with Crippen molar-refractivity contribution in [1.82, 2.24) is 36.8 Å². The number of nitrogens with zero attached hydrogens (tertiary/aromatic N) is 1. The SMILES string of the molecule is CN(C(=O)OC(C)(C)C)[C@@H]1[C@@H](O)[C@@H](O[C@@H]2[C@@H](O)[C@H](O[C@H]3OC(CNCC4CC(NC(=O)OC(C)(C)C)C4)=CC[C@H]3NC(=O)OC(C)(C)C)[C@@H](NC(=O)OC(C)(C)C)C[C@H]2NC(=O)[C@@H](O)CCNC(=O)OC(C)(C)C)OC[C@]1(C)O. The van der Waals surface area contributed by atoms with Gasteiger partial charge in [0.1, 0.15) is 69.9 Å². The molecule has 10 N–H and O–H groups in total. The van der Waals surface area contributed by atoms with Crippen molar-refractivity contribution in [3.8, 4) is 0 Å². The largest absolute Gasteiger partial charge is 0.466 e. The molecule has 0 radical (unpaired) electrons. The molecular formula is C53H93N7O19. The number of carbonyl (C=O) groups is 6. The third-order valence-electron chi connectivity index (χ3n) is 12.4. The summed E-state index contributed by atoms with van der Waals surface area (Å²) in [5.74, 6) is -0.365. The Bertz CT molecular complexity index is 2110. The maximum atomic E-state index is 13.9. The number of carbonyl (C=O) groups excluding carboxylic acids is 6. The van der Waals surface area contributed by atoms with E-state index in [2.05, 4.69) is 31.9 Å². The molecule has 4 aliphatic rings. The van der Waals surface area contributed by atoms with Crippen molar-refractivity contribution in [2.75, 3.05) is 33.3 Å². The van der Waals surface area contributed by atoms with Gasteiger partial charge in [0, 0.05) is 19.6 Å². The molecule has 2 saturated carbocycles. The van der Waals surface area contributed by atoms with E-state index in [4.69, 9.17) is 42.6 Å². The summed E-state index contributed by atoms with van der Waals surface area (Å²) < 4.78 is 52.9. The van der Waals surface area contributed by atoms with Crippen LogP contribution < -0.4 is 31.9 Å². The first kappa shape index (κ1) is 66.6. The number of amides is 6. The van der Waals surface area contributed by atoms with E-state index < -0.39 is 144 Å². The molecule has 2 aliphatic heterocycles. The van der Waals surface area contributed by atoms with Crippen molar-refractivity contribution in [2.24, 2.45) is 5.92 Å². The fourth-order valence-corrected chi connectivity index (χ4v) is 9.17. The van der Waals surface area contributed by atoms with Crippen molar-refractivity contribution in [3.63, 3.8) is 0 Å². The lowest BCUT2D eigenvalue weighted by molar-refractivity contribution is -0.311. The molecule has 3 fully saturated rings. The van der Waals surface area contributed by atoms with Gasteiger partial charge in [0.25, 0.3) is 0 Å². The zero-order chi connectivity index (χ0) is 59.8. The first-order chi connectivity index (χ1) is 36.1. The molecule has 0 aromatic carbocycles. The number of nitrogens with one attached hydrogen (secondary N) is 6. The molecule has 1 saturated heterocycles. The molecule has 2 aliphatic carbocycles. The Hall–Kier alpha value is -4.96. The van der Waals surface area contributed by atoms with Crippen LogP contribution in [0, 0.1) is 5.92 Å². The third kappa shape index (κ3) is 22.1. The first-order valence-electron chi connectivity index (χ1n) is 27.1. The summed E-state index contributed by atoms with van der Waals surface area (Å²) in [6.45, 7) is 26.7. The Kier molecular flexibility index (Phi) is 22.5. The molecule has 12 atom stereocenters. The predicted molar refractivity (Wildman–Crippen MR) is 284 cm³/mol. The molecule has 2 heterocycles. The Labute approximate surface area is 464 Å². The van der Waals surface area contributed by atoms with Gasteiger partial charge in [-0.2, -0.15) is 0 Å². The number of aliphatic hydroxyl groups is 4. The van der Waals surface area contributed by atoms with Crippen LogP contribution in [-0.2, 0) is 47.4 Å². The van der Waals surface area contributed by atoms with Gasteiger partial charge in [0.05, 0.1) is 37.3 Å². The third-order valence-corrected chi connectivity index (χ3v) is 12.4. The molecule has 6 amide bonds. The maximum Gasteiger partial charge on any atom is 0.410 e. The highest BCUT2D eigenvalue weighted by Crippen LogP contribution is 2.35. The van der Waals surface area contributed by atoms with E-state index in [0.29, 0.717) is 25.1 Å². The molecule has 0 spiro atoms. The Morgan fingerprint density at radius 2 is 1.15 bits per heavy atom. The molecule has 0 aromatic rings. The van der Waals surface area contributed by atoms with Gasteiger partial charge in [-0.15, -0.1) is 0 Å². The molecular weight excluding hydrogens is 1040 g/mol. The predicted octanol–water partition coefficient (Wildman–Crippen LogP) is 3.30. The summed E-state index contributed by atoms with van der Waals surface area (Å²) in [5, 5.41) is 64.4. The second-order valence-corrected chi connectivity index (χ2v) is 26.0. The Morgan fingerprint density at radius 1 is 0.671 bits per heavy atom. The fraction of sp³-hybridized carbons (Fsp3) is 0.849. The maximum absolute atomic E-state index is 13.9. The Morgan fingerprint density at radius 3 is 1.68 bits per heavy atom. The van der Waals surface area contributed by atoms with E-state index >= 15 is 0 Å². The van der Waals surface area contributed by atoms with E-state index in [-0.39, 0.29) is 44.3 Å². The highest BCUT2D eigenvalue weighted by molar-refractivity contribution is 5.81. The van der Waals surface area contributed by atoms with E-state index in [0.717, 1.165) is 4.90 Å². The van der Waals surface area contributed by atoms with Crippen LogP contribution in [0.2, 0.25) is 0 Å². The lowest BCUT2D eigenvalue weighted by Crippen LogP contribution is -2.71. The van der Waals surface area contributed by atoms with E-state index in [9.17, 15) is 49.2 Å². The number of rotatable bonds is 17. The smallest absolute Gasteiger partial charge is 0.410 e. The quantitative estimate of drug-likeness (QED) is 0.0934. The zero-order valence-electron chi connectivity index (χ0n) is 49.3. The molecule has 26 heteroatoms. The Balaban J connectivity index is 1.69. The summed E-state index contributed by atoms with van der Waals surface area (Å²) >= 11 is 0. The zero-order valence-corrected chi connectivity index (χ0v) is 49.3. The minimum absolute atomic E-state index is 0.0462. The molecule has 79 heavy (non-hydrogen) atoms. The van der Waals surface area contributed by atoms with Gasteiger partial charge in [-0.25, -0.2) is 24.0 Å². The van der Waals surface area contributed by atoms with Gasteiger partial charge in [0.2, 0.25) is 12.2 Å². The van der Waals surface area contributed by atoms with Crippen molar-refractivity contribution in [1.29, 1.82) is 0 Å². The van der Waals surface area contributed by atoms with Crippen LogP contribution in [0.25, 0.3) is 0 Å². The molecule has 454 valence electrons. The van der Waals surface area contributed by atoms with Crippen LogP contribution in [0.5, 0.6) is 0 Å². The number of ether oxygens (including phenoxy) is 9. The number of hydrogen-bond acceptors (Lipinski definition) is 20. The lowest BCUT2D eigenvalue weighted by atomic mass is 9.80. The number of alkyl carbamates (subject to hydrolysis) is 4. The molecule has 26 nitrogen and oxygen atoms in total. The highest BCUT2D eigenvalue weighted by Gasteiger charge is 2.55. The van der Waals surface area contributed by atoms with Crippen molar-refractivity contribution >= 4 is 36.4 Å². The van der Waals surface area contributed by atoms with Gasteiger partial charge >= 0.3 is 30.5 Å². The summed E-state index contributed by atoms with van der Waals surface area (Å²) in [5.41, 5.74) is -6.22. The van der Waals surface area contributed by atoms with Crippen LogP contribution in [0.1, 0.15) is 143 Å². The van der Waals surface area contributed by atoms with Crippen LogP contribution in [-0.4, -0.2) is 202 Å². The minimum Gasteiger partial charge on any atom is -0.466 e. The standard InChI is InChI=1S/C53H93N7O19/c1-48(2,3)75-43(65)55-21-20-34(61)40(64)57-32-24-33(59-46(68)78-51(10,11)12)38(35(62)37(32)74-42-36(63)39(53(16,70)27-71-42)60(17)47(69)79-52(13,14)15)73-41-31(58-45(67)77-50(7,8)9)19-18-30(72-41)26-54-25-28-22-29(23-28)56-44(66)76-49(4,5)6/h18,28-29,31-39,41-42,54,61-63,70H,19-27H2,1-17H3,(H,55,65)(H,56,66)(H,57,64)(H,58,67)(H,59,68)/t28?,29?,31-,32-,33+,34+,35-,36-,37+,38-,39-,41-,42-,53+/m1/s1. The van der Waals surface area contributed by atoms with E-state index in [1.807, 2.05) is 0 Å². The monoisotopic (exact) mass is 1130 g/mol. The molecule has 0 aromatic heterocycles. The van der Waals surface area contributed by atoms with Crippen LogP contribution in [0.15, 0.2) is 11.8 Å². The number of aliphatic hydroxyl groups excluding tert-OH is 3. The second-order valence-electron chi connectivity index (χ2n) is 26.0. The molecule has 0 unspecified atom stereocenters. The van der Waals surface area contributed by atoms with E-state index in [1.54, 1.807) is 110 Å². The molecule has 0 bridgehead atoms. The summed E-state index contributed by atoms with van der Waals surface area (Å²) in [6, 6.07) is -5.09. The summed E-state index contributed by atoms with van der Waals surface area (Å²) in [4.78, 5) is 80.1. The lowest BCUT2D eigenvalue weighted by Gasteiger charge is -2.50. The molecule has 4 rings (SSSR count). The van der Waals surface area contributed by atoms with Gasteiger partial charge in [0.15, 0.2) is 6.29 Å². The second kappa shape index (κ2) is 26.7. The van der Waals surface area contributed by atoms with Crippen molar-refractivity contribution < 1.29 is 91.8 Å². The topological polar surface area (TPSA) is 342 Å². The summed E-state index contributed by atoms with van der Waals surface area (Å²) in [7, 11) is 1.31. The minimum atomic E-state index is -1.91. The van der Waals surface area contributed by atoms with Crippen LogP contribution >= 0.6 is 0 Å². The van der Waals surface area contributed by atoms with Crippen LogP contribution in [0.3, 0.4) is 0 Å². The van der Waals surface area contributed by atoms with Crippen LogP contribution in [0.4, 0.5) is 24.0 Å². The van der Waals surface area contributed by atoms with Gasteiger partial charge in [-0.1, -0.05) is 0 Å². The van der Waals surface area contributed by atoms with Crippen molar-refractivity contribution in [3.05, 3.63) is 11.8 Å². The number of likely N-dealkylation sites (N-methyl/N-ethyl adjacent to an activating group) is 1. The first-order valence-corrected chi connectivity index (χ1v) is 27.1. The van der Waals surface area contributed by atoms with Gasteiger partial charge < -0.3 is 99.9 Å². The van der Waals surface area contributed by atoms with Crippen molar-refractivity contribution in [2.45, 2.75) is 250 Å². The summed E-state index contributed by atoms with van der Waals surface area (Å²) in [6.07, 6.45) is -13.1. The average Bonchev–Trinajstić information content (AvgIpc) is 3.23. The highest BCUT2D eigenvalue weighted by atomic mass is 16.7. The fourth-order valence-electron chi connectivity index (χ4n) is 9.17. The normalized spacial score (nSPS) is 29.9.